The topological polar surface area (TPSA) is 64.9 Å². The maximum absolute atomic E-state index is 5.17. The molecule has 0 spiro atoms. The van der Waals surface area contributed by atoms with E-state index >= 15 is 0 Å². The first-order chi connectivity index (χ1) is 4.43. The van der Waals surface area contributed by atoms with Crippen LogP contribution in [0.15, 0.2) is 16.9 Å². The molecule has 0 radical (unpaired) electrons. The van der Waals surface area contributed by atoms with Crippen LogP contribution in [0.25, 0.3) is 6.08 Å². The van der Waals surface area contributed by atoms with E-state index in [1.54, 1.807) is 12.2 Å². The zero-order valence-corrected chi connectivity index (χ0v) is 4.82. The van der Waals surface area contributed by atoms with Crippen LogP contribution in [0, 0.1) is 0 Å². The van der Waals surface area contributed by atoms with Gasteiger partial charge in [-0.15, -0.1) is 0 Å². The minimum absolute atomic E-state index is 0.487. The predicted molar refractivity (Wildman–Crippen MR) is 32.4 cm³/mol. The van der Waals surface area contributed by atoms with Crippen molar-refractivity contribution >= 4 is 6.08 Å². The highest BCUT2D eigenvalue weighted by atomic mass is 16.5. The second kappa shape index (κ2) is 2.99. The third kappa shape index (κ3) is 1.65. The summed E-state index contributed by atoms with van der Waals surface area (Å²) in [5, 5.41) is 3.40. The molecule has 0 fully saturated rings. The van der Waals surface area contributed by atoms with E-state index in [-0.39, 0.29) is 0 Å². The molecule has 0 aliphatic carbocycles. The van der Waals surface area contributed by atoms with Gasteiger partial charge >= 0.3 is 0 Å². The van der Waals surface area contributed by atoms with Gasteiger partial charge in [-0.3, -0.25) is 0 Å². The van der Waals surface area contributed by atoms with Gasteiger partial charge in [0.15, 0.2) is 6.33 Å². The molecular formula is C5H7N3O. The third-order valence-electron chi connectivity index (χ3n) is 0.775. The minimum Gasteiger partial charge on any atom is -0.335 e. The molecule has 1 aromatic heterocycles. The summed E-state index contributed by atoms with van der Waals surface area (Å²) in [6.45, 7) is 0.488. The summed E-state index contributed by atoms with van der Waals surface area (Å²) in [7, 11) is 0. The van der Waals surface area contributed by atoms with Gasteiger partial charge in [-0.05, 0) is 0 Å². The zero-order valence-electron chi connectivity index (χ0n) is 4.82. The first-order valence-electron chi connectivity index (χ1n) is 2.57. The van der Waals surface area contributed by atoms with E-state index in [1.165, 1.54) is 6.33 Å². The van der Waals surface area contributed by atoms with Crippen molar-refractivity contribution in [2.24, 2.45) is 5.73 Å². The lowest BCUT2D eigenvalue weighted by Gasteiger charge is -1.75. The first-order valence-corrected chi connectivity index (χ1v) is 2.57. The highest BCUT2D eigenvalue weighted by molar-refractivity contribution is 5.36. The number of hydrogen-bond acceptors (Lipinski definition) is 4. The number of nitrogens with zero attached hydrogens (tertiary/aromatic N) is 2. The molecular weight excluding hydrogens is 118 g/mol. The van der Waals surface area contributed by atoms with Crippen LogP contribution in [0.5, 0.6) is 0 Å². The Morgan fingerprint density at radius 2 is 2.67 bits per heavy atom. The Bertz CT molecular complexity index is 180. The van der Waals surface area contributed by atoms with Gasteiger partial charge in [0, 0.05) is 12.6 Å². The smallest absolute Gasteiger partial charge is 0.250 e. The van der Waals surface area contributed by atoms with Crippen molar-refractivity contribution in [1.29, 1.82) is 0 Å². The molecule has 0 aliphatic heterocycles. The molecule has 48 valence electrons. The summed E-state index contributed by atoms with van der Waals surface area (Å²) < 4.78 is 4.63. The molecule has 2 N–H and O–H groups in total. The number of aromatic nitrogens is 2. The SMILES string of the molecule is NC/C=C/c1ncno1. The van der Waals surface area contributed by atoms with Crippen LogP contribution in [-0.2, 0) is 0 Å². The molecule has 4 heteroatoms. The summed E-state index contributed by atoms with van der Waals surface area (Å²) in [5.41, 5.74) is 5.17. The first kappa shape index (κ1) is 5.97. The zero-order chi connectivity index (χ0) is 6.53. The van der Waals surface area contributed by atoms with E-state index in [2.05, 4.69) is 14.7 Å². The van der Waals surface area contributed by atoms with Crippen LogP contribution in [0.3, 0.4) is 0 Å². The molecule has 1 rings (SSSR count). The summed E-state index contributed by atoms with van der Waals surface area (Å²) >= 11 is 0. The van der Waals surface area contributed by atoms with Gasteiger partial charge in [-0.2, -0.15) is 4.98 Å². The van der Waals surface area contributed by atoms with Gasteiger partial charge in [-0.25, -0.2) is 0 Å². The molecule has 9 heavy (non-hydrogen) atoms. The van der Waals surface area contributed by atoms with E-state index in [1.807, 2.05) is 0 Å². The molecule has 0 saturated heterocycles. The van der Waals surface area contributed by atoms with Gasteiger partial charge in [-0.1, -0.05) is 11.2 Å². The fourth-order valence-corrected chi connectivity index (χ4v) is 0.424. The lowest BCUT2D eigenvalue weighted by atomic mass is 10.5. The molecule has 0 unspecified atom stereocenters. The normalized spacial score (nSPS) is 10.8. The maximum atomic E-state index is 5.17. The van der Waals surface area contributed by atoms with Crippen molar-refractivity contribution in [3.05, 3.63) is 18.3 Å². The van der Waals surface area contributed by atoms with Crippen molar-refractivity contribution in [2.75, 3.05) is 6.54 Å². The van der Waals surface area contributed by atoms with Crippen LogP contribution in [-0.4, -0.2) is 16.7 Å². The van der Waals surface area contributed by atoms with Gasteiger partial charge in [0.1, 0.15) is 0 Å². The summed E-state index contributed by atoms with van der Waals surface area (Å²) in [4.78, 5) is 3.73. The standard InChI is InChI=1S/C5H7N3O/c6-3-1-2-5-7-4-8-9-5/h1-2,4H,3,6H2/b2-1+. The van der Waals surface area contributed by atoms with Gasteiger partial charge < -0.3 is 10.3 Å². The quantitative estimate of drug-likeness (QED) is 0.606. The molecule has 0 aromatic carbocycles. The molecule has 4 nitrogen and oxygen atoms in total. The Labute approximate surface area is 52.4 Å². The number of hydrogen-bond donors (Lipinski definition) is 1. The lowest BCUT2D eigenvalue weighted by Crippen LogP contribution is -1.91. The number of rotatable bonds is 2. The Morgan fingerprint density at radius 3 is 3.22 bits per heavy atom. The largest absolute Gasteiger partial charge is 0.335 e. The summed E-state index contributed by atoms with van der Waals surface area (Å²) in [6, 6.07) is 0. The van der Waals surface area contributed by atoms with Crippen molar-refractivity contribution in [3.8, 4) is 0 Å². The Balaban J connectivity index is 2.57. The van der Waals surface area contributed by atoms with Gasteiger partial charge in [0.2, 0.25) is 5.89 Å². The van der Waals surface area contributed by atoms with Crippen LogP contribution in [0.1, 0.15) is 5.89 Å². The number of nitrogens with two attached hydrogens (primary N) is 1. The Kier molecular flexibility index (Phi) is 1.98. The highest BCUT2D eigenvalue weighted by Gasteiger charge is 1.87. The molecule has 1 aromatic rings. The lowest BCUT2D eigenvalue weighted by molar-refractivity contribution is 0.409. The van der Waals surface area contributed by atoms with Crippen molar-refractivity contribution < 1.29 is 4.52 Å². The molecule has 0 aliphatic rings. The molecule has 0 amide bonds. The Hall–Kier alpha value is -1.16. The van der Waals surface area contributed by atoms with Crippen molar-refractivity contribution in [1.82, 2.24) is 10.1 Å². The maximum Gasteiger partial charge on any atom is 0.250 e. The predicted octanol–water partition coefficient (Wildman–Crippen LogP) is 0.0415. The van der Waals surface area contributed by atoms with Gasteiger partial charge in [0.05, 0.1) is 0 Å². The van der Waals surface area contributed by atoms with Crippen LogP contribution < -0.4 is 5.73 Å². The molecule has 0 atom stereocenters. The van der Waals surface area contributed by atoms with E-state index in [4.69, 9.17) is 5.73 Å². The highest BCUT2D eigenvalue weighted by Crippen LogP contribution is 1.91. The fraction of sp³-hybridized carbons (Fsp3) is 0.200. The van der Waals surface area contributed by atoms with Crippen LogP contribution in [0.2, 0.25) is 0 Å². The summed E-state index contributed by atoms with van der Waals surface area (Å²) in [6.07, 6.45) is 4.76. The average Bonchev–Trinajstić information content (AvgIpc) is 2.34. The second-order valence-corrected chi connectivity index (χ2v) is 1.42. The summed E-state index contributed by atoms with van der Waals surface area (Å²) in [5.74, 6) is 0.487. The van der Waals surface area contributed by atoms with Crippen LogP contribution >= 0.6 is 0 Å². The van der Waals surface area contributed by atoms with E-state index < -0.39 is 0 Å². The second-order valence-electron chi connectivity index (χ2n) is 1.42. The third-order valence-corrected chi connectivity index (χ3v) is 0.775. The monoisotopic (exact) mass is 125 g/mol. The molecule has 0 saturated carbocycles. The molecule has 1 heterocycles. The van der Waals surface area contributed by atoms with E-state index in [9.17, 15) is 0 Å². The Morgan fingerprint density at radius 1 is 1.78 bits per heavy atom. The molecule has 0 bridgehead atoms. The van der Waals surface area contributed by atoms with Gasteiger partial charge in [0.25, 0.3) is 0 Å². The fourth-order valence-electron chi connectivity index (χ4n) is 0.424. The van der Waals surface area contributed by atoms with Crippen molar-refractivity contribution in [2.45, 2.75) is 0 Å². The average molecular weight is 125 g/mol. The van der Waals surface area contributed by atoms with Crippen LogP contribution in [0.4, 0.5) is 0 Å². The minimum atomic E-state index is 0.487. The van der Waals surface area contributed by atoms with Crippen molar-refractivity contribution in [3.63, 3.8) is 0 Å². The van der Waals surface area contributed by atoms with E-state index in [0.29, 0.717) is 12.4 Å². The van der Waals surface area contributed by atoms with E-state index in [0.717, 1.165) is 0 Å².